The summed E-state index contributed by atoms with van der Waals surface area (Å²) >= 11 is 0. The lowest BCUT2D eigenvalue weighted by atomic mass is 9.78. The SMILES string of the molecule is NCC1CCCCC1C(=O)NCC1(O)CCCCCC1. The van der Waals surface area contributed by atoms with Crippen molar-refractivity contribution < 1.29 is 9.90 Å². The quantitative estimate of drug-likeness (QED) is 0.690. The summed E-state index contributed by atoms with van der Waals surface area (Å²) < 4.78 is 0. The molecular formula is C16H30N2O2. The molecule has 20 heavy (non-hydrogen) atoms. The molecule has 0 radical (unpaired) electrons. The maximum atomic E-state index is 12.4. The number of carbonyl (C=O) groups is 1. The lowest BCUT2D eigenvalue weighted by Gasteiger charge is -2.32. The molecule has 0 aromatic heterocycles. The normalized spacial score (nSPS) is 30.5. The van der Waals surface area contributed by atoms with Crippen molar-refractivity contribution in [2.24, 2.45) is 17.6 Å². The second kappa shape index (κ2) is 7.41. The lowest BCUT2D eigenvalue weighted by molar-refractivity contribution is -0.129. The summed E-state index contributed by atoms with van der Waals surface area (Å²) in [6.45, 7) is 1.02. The van der Waals surface area contributed by atoms with Crippen LogP contribution in [0.3, 0.4) is 0 Å². The molecule has 2 atom stereocenters. The Balaban J connectivity index is 1.84. The van der Waals surface area contributed by atoms with Crippen LogP contribution in [0.5, 0.6) is 0 Å². The van der Waals surface area contributed by atoms with Crippen molar-refractivity contribution in [2.75, 3.05) is 13.1 Å². The van der Waals surface area contributed by atoms with Crippen LogP contribution in [0.4, 0.5) is 0 Å². The van der Waals surface area contributed by atoms with E-state index in [9.17, 15) is 9.90 Å². The van der Waals surface area contributed by atoms with E-state index < -0.39 is 5.60 Å². The van der Waals surface area contributed by atoms with Crippen molar-refractivity contribution in [1.82, 2.24) is 5.32 Å². The van der Waals surface area contributed by atoms with E-state index in [1.165, 1.54) is 19.3 Å². The fourth-order valence-electron chi connectivity index (χ4n) is 3.78. The Morgan fingerprint density at radius 3 is 2.40 bits per heavy atom. The van der Waals surface area contributed by atoms with Gasteiger partial charge in [0.2, 0.25) is 5.91 Å². The Kier molecular flexibility index (Phi) is 5.85. The molecule has 0 bridgehead atoms. The van der Waals surface area contributed by atoms with Gasteiger partial charge in [-0.1, -0.05) is 38.5 Å². The Morgan fingerprint density at radius 1 is 1.10 bits per heavy atom. The Hall–Kier alpha value is -0.610. The number of hydrogen-bond acceptors (Lipinski definition) is 3. The zero-order valence-corrected chi connectivity index (χ0v) is 12.6. The number of rotatable bonds is 4. The second-order valence-electron chi connectivity index (χ2n) is 6.74. The first-order valence-corrected chi connectivity index (χ1v) is 8.35. The summed E-state index contributed by atoms with van der Waals surface area (Å²) in [6, 6.07) is 0. The molecule has 0 aromatic rings. The number of amides is 1. The highest BCUT2D eigenvalue weighted by Gasteiger charge is 2.33. The van der Waals surface area contributed by atoms with E-state index in [-0.39, 0.29) is 11.8 Å². The van der Waals surface area contributed by atoms with Crippen LogP contribution in [-0.2, 0) is 4.79 Å². The number of nitrogens with one attached hydrogen (secondary N) is 1. The van der Waals surface area contributed by atoms with Crippen LogP contribution >= 0.6 is 0 Å². The van der Waals surface area contributed by atoms with Crippen LogP contribution in [0.15, 0.2) is 0 Å². The summed E-state index contributed by atoms with van der Waals surface area (Å²) in [5, 5.41) is 13.6. The van der Waals surface area contributed by atoms with E-state index in [1.807, 2.05) is 0 Å². The molecule has 2 aliphatic carbocycles. The molecule has 2 aliphatic rings. The van der Waals surface area contributed by atoms with Gasteiger partial charge in [-0.15, -0.1) is 0 Å². The zero-order chi connectivity index (χ0) is 14.4. The Bertz CT molecular complexity index is 312. The second-order valence-corrected chi connectivity index (χ2v) is 6.74. The Labute approximate surface area is 122 Å². The third-order valence-corrected chi connectivity index (χ3v) is 5.17. The van der Waals surface area contributed by atoms with E-state index in [2.05, 4.69) is 5.32 Å². The minimum Gasteiger partial charge on any atom is -0.388 e. The van der Waals surface area contributed by atoms with Gasteiger partial charge in [0.1, 0.15) is 0 Å². The van der Waals surface area contributed by atoms with Crippen molar-refractivity contribution in [3.05, 3.63) is 0 Å². The summed E-state index contributed by atoms with van der Waals surface area (Å²) in [5.41, 5.74) is 5.11. The standard InChI is InChI=1S/C16H30N2O2/c17-11-13-7-3-4-8-14(13)15(19)18-12-16(20)9-5-1-2-6-10-16/h13-14,20H,1-12,17H2,(H,18,19). The summed E-state index contributed by atoms with van der Waals surface area (Å²) in [5.74, 6) is 0.494. The number of carbonyl (C=O) groups excluding carboxylic acids is 1. The van der Waals surface area contributed by atoms with Crippen LogP contribution in [-0.4, -0.2) is 29.7 Å². The topological polar surface area (TPSA) is 75.4 Å². The van der Waals surface area contributed by atoms with E-state index in [1.54, 1.807) is 0 Å². The first kappa shape index (κ1) is 15.8. The van der Waals surface area contributed by atoms with Gasteiger partial charge in [-0.3, -0.25) is 4.79 Å². The molecule has 2 fully saturated rings. The average Bonchev–Trinajstić information content (AvgIpc) is 2.70. The van der Waals surface area contributed by atoms with E-state index >= 15 is 0 Å². The van der Waals surface area contributed by atoms with E-state index in [4.69, 9.17) is 5.73 Å². The van der Waals surface area contributed by atoms with Crippen LogP contribution in [0.2, 0.25) is 0 Å². The van der Waals surface area contributed by atoms with Gasteiger partial charge in [-0.25, -0.2) is 0 Å². The first-order valence-electron chi connectivity index (χ1n) is 8.35. The number of nitrogens with two attached hydrogens (primary N) is 1. The van der Waals surface area contributed by atoms with Gasteiger partial charge in [0.05, 0.1) is 5.60 Å². The van der Waals surface area contributed by atoms with Crippen molar-refractivity contribution in [3.63, 3.8) is 0 Å². The summed E-state index contributed by atoms with van der Waals surface area (Å²) in [6.07, 6.45) is 10.5. The first-order chi connectivity index (χ1) is 9.64. The predicted octanol–water partition coefficient (Wildman–Crippen LogP) is 1.95. The van der Waals surface area contributed by atoms with Crippen LogP contribution in [0.25, 0.3) is 0 Å². The smallest absolute Gasteiger partial charge is 0.223 e. The Morgan fingerprint density at radius 2 is 1.75 bits per heavy atom. The fourth-order valence-corrected chi connectivity index (χ4v) is 3.78. The summed E-state index contributed by atoms with van der Waals surface area (Å²) in [4.78, 5) is 12.4. The highest BCUT2D eigenvalue weighted by Crippen LogP contribution is 2.30. The number of hydrogen-bond donors (Lipinski definition) is 3. The maximum Gasteiger partial charge on any atom is 0.223 e. The minimum absolute atomic E-state index is 0.0585. The molecule has 4 nitrogen and oxygen atoms in total. The monoisotopic (exact) mass is 282 g/mol. The predicted molar refractivity (Wildman–Crippen MR) is 80.2 cm³/mol. The van der Waals surface area contributed by atoms with Crippen molar-refractivity contribution in [3.8, 4) is 0 Å². The minimum atomic E-state index is -0.682. The molecule has 0 heterocycles. The third kappa shape index (κ3) is 4.19. The summed E-state index contributed by atoms with van der Waals surface area (Å²) in [7, 11) is 0. The molecule has 2 rings (SSSR count). The van der Waals surface area contributed by atoms with Crippen LogP contribution in [0.1, 0.15) is 64.2 Å². The molecule has 0 aliphatic heterocycles. The van der Waals surface area contributed by atoms with Crippen molar-refractivity contribution in [1.29, 1.82) is 0 Å². The van der Waals surface area contributed by atoms with Gasteiger partial charge < -0.3 is 16.2 Å². The van der Waals surface area contributed by atoms with Crippen LogP contribution in [0, 0.1) is 11.8 Å². The van der Waals surface area contributed by atoms with Crippen molar-refractivity contribution >= 4 is 5.91 Å². The van der Waals surface area contributed by atoms with Gasteiger partial charge in [-0.2, -0.15) is 0 Å². The fraction of sp³-hybridized carbons (Fsp3) is 0.938. The van der Waals surface area contributed by atoms with Gasteiger partial charge >= 0.3 is 0 Å². The van der Waals surface area contributed by atoms with Crippen molar-refractivity contribution in [2.45, 2.75) is 69.8 Å². The molecular weight excluding hydrogens is 252 g/mol. The lowest BCUT2D eigenvalue weighted by Crippen LogP contribution is -2.46. The van der Waals surface area contributed by atoms with Gasteiger partial charge in [0, 0.05) is 12.5 Å². The largest absolute Gasteiger partial charge is 0.388 e. The molecule has 1 amide bonds. The molecule has 2 unspecified atom stereocenters. The van der Waals surface area contributed by atoms with E-state index in [0.717, 1.165) is 44.9 Å². The number of aliphatic hydroxyl groups is 1. The molecule has 2 saturated carbocycles. The maximum absolute atomic E-state index is 12.4. The molecule has 0 saturated heterocycles. The van der Waals surface area contributed by atoms with Crippen LogP contribution < -0.4 is 11.1 Å². The highest BCUT2D eigenvalue weighted by molar-refractivity contribution is 5.79. The van der Waals surface area contributed by atoms with E-state index in [0.29, 0.717) is 19.0 Å². The molecule has 0 aromatic carbocycles. The zero-order valence-electron chi connectivity index (χ0n) is 12.6. The highest BCUT2D eigenvalue weighted by atomic mass is 16.3. The molecule has 0 spiro atoms. The molecule has 116 valence electrons. The third-order valence-electron chi connectivity index (χ3n) is 5.17. The van der Waals surface area contributed by atoms with Gasteiger partial charge in [0.25, 0.3) is 0 Å². The average molecular weight is 282 g/mol. The van der Waals surface area contributed by atoms with Gasteiger partial charge in [0.15, 0.2) is 0 Å². The molecule has 4 heteroatoms. The van der Waals surface area contributed by atoms with Gasteiger partial charge in [-0.05, 0) is 38.1 Å². The molecule has 4 N–H and O–H groups in total.